The van der Waals surface area contributed by atoms with Crippen LogP contribution < -0.4 is 10.1 Å². The zero-order valence-corrected chi connectivity index (χ0v) is 14.4. The molecule has 0 bridgehead atoms. The number of morpholine rings is 1. The van der Waals surface area contributed by atoms with Gasteiger partial charge < -0.3 is 19.7 Å². The molecule has 3 rings (SSSR count). The zero-order valence-electron chi connectivity index (χ0n) is 14.4. The molecule has 0 aliphatic carbocycles. The van der Waals surface area contributed by atoms with Crippen molar-refractivity contribution in [2.75, 3.05) is 53.0 Å². The predicted molar refractivity (Wildman–Crippen MR) is 92.3 cm³/mol. The minimum absolute atomic E-state index is 0.0247. The van der Waals surface area contributed by atoms with Crippen LogP contribution in [0, 0.1) is 0 Å². The van der Waals surface area contributed by atoms with E-state index in [0.717, 1.165) is 63.5 Å². The molecule has 1 aromatic carbocycles. The lowest BCUT2D eigenvalue weighted by atomic mass is 10.0. The molecule has 2 fully saturated rings. The first-order valence-corrected chi connectivity index (χ1v) is 8.77. The maximum absolute atomic E-state index is 12.6. The number of likely N-dealkylation sites (tertiary alicyclic amines) is 1. The maximum Gasteiger partial charge on any atom is 0.317 e. The highest BCUT2D eigenvalue weighted by molar-refractivity contribution is 5.75. The second kappa shape index (κ2) is 8.35. The zero-order chi connectivity index (χ0) is 16.8. The van der Waals surface area contributed by atoms with E-state index in [9.17, 15) is 4.79 Å². The first-order valence-electron chi connectivity index (χ1n) is 8.77. The van der Waals surface area contributed by atoms with E-state index >= 15 is 0 Å². The molecule has 2 aliphatic heterocycles. The van der Waals surface area contributed by atoms with Crippen molar-refractivity contribution in [1.29, 1.82) is 0 Å². The second-order valence-electron chi connectivity index (χ2n) is 6.28. The molecule has 2 amide bonds. The molecule has 1 aromatic rings. The molecule has 0 radical (unpaired) electrons. The van der Waals surface area contributed by atoms with Crippen molar-refractivity contribution in [2.24, 2.45) is 0 Å². The molecule has 6 nitrogen and oxygen atoms in total. The fraction of sp³-hybridized carbons (Fsp3) is 0.611. The SMILES string of the molecule is COc1ccccc1[C@@H]1CCCN1C(=O)NCCN1CCOCC1. The Bertz CT molecular complexity index is 546. The first-order chi connectivity index (χ1) is 11.8. The Kier molecular flexibility index (Phi) is 5.93. The minimum Gasteiger partial charge on any atom is -0.496 e. The summed E-state index contributed by atoms with van der Waals surface area (Å²) in [5.74, 6) is 0.857. The van der Waals surface area contributed by atoms with E-state index in [1.165, 1.54) is 0 Å². The Hall–Kier alpha value is -1.79. The lowest BCUT2D eigenvalue weighted by Gasteiger charge is -2.29. The molecular formula is C18H27N3O3. The molecule has 2 heterocycles. The number of hydrogen-bond acceptors (Lipinski definition) is 4. The third kappa shape index (κ3) is 3.99. The second-order valence-corrected chi connectivity index (χ2v) is 6.28. The summed E-state index contributed by atoms with van der Waals surface area (Å²) < 4.78 is 10.8. The van der Waals surface area contributed by atoms with Gasteiger partial charge in [0.25, 0.3) is 0 Å². The molecule has 0 aromatic heterocycles. The number of urea groups is 1. The van der Waals surface area contributed by atoms with E-state index in [1.807, 2.05) is 23.1 Å². The van der Waals surface area contributed by atoms with E-state index < -0.39 is 0 Å². The molecule has 0 spiro atoms. The first kappa shape index (κ1) is 17.0. The van der Waals surface area contributed by atoms with Crippen LogP contribution in [0.1, 0.15) is 24.4 Å². The molecule has 24 heavy (non-hydrogen) atoms. The van der Waals surface area contributed by atoms with Crippen LogP contribution in [0.2, 0.25) is 0 Å². The summed E-state index contributed by atoms with van der Waals surface area (Å²) in [5, 5.41) is 3.07. The van der Waals surface area contributed by atoms with Crippen LogP contribution in [0.4, 0.5) is 4.79 Å². The van der Waals surface area contributed by atoms with Crippen molar-refractivity contribution in [3.8, 4) is 5.75 Å². The van der Waals surface area contributed by atoms with Crippen LogP contribution in [0.3, 0.4) is 0 Å². The third-order valence-electron chi connectivity index (χ3n) is 4.82. The Labute approximate surface area is 143 Å². The van der Waals surface area contributed by atoms with Gasteiger partial charge in [0.15, 0.2) is 0 Å². The number of amides is 2. The predicted octanol–water partition coefficient (Wildman–Crippen LogP) is 1.87. The molecule has 132 valence electrons. The molecule has 1 N–H and O–H groups in total. The number of carbonyl (C=O) groups is 1. The Balaban J connectivity index is 1.55. The highest BCUT2D eigenvalue weighted by Gasteiger charge is 2.31. The van der Waals surface area contributed by atoms with E-state index in [-0.39, 0.29) is 12.1 Å². The fourth-order valence-corrected chi connectivity index (χ4v) is 3.52. The number of rotatable bonds is 5. The van der Waals surface area contributed by atoms with Gasteiger partial charge in [-0.05, 0) is 18.9 Å². The number of nitrogens with zero attached hydrogens (tertiary/aromatic N) is 2. The number of hydrogen-bond donors (Lipinski definition) is 1. The topological polar surface area (TPSA) is 54.0 Å². The van der Waals surface area contributed by atoms with Crippen LogP contribution in [0.25, 0.3) is 0 Å². The van der Waals surface area contributed by atoms with Crippen LogP contribution in [-0.2, 0) is 4.74 Å². The van der Waals surface area contributed by atoms with Crippen LogP contribution in [0.15, 0.2) is 24.3 Å². The highest BCUT2D eigenvalue weighted by atomic mass is 16.5. The van der Waals surface area contributed by atoms with Gasteiger partial charge in [-0.1, -0.05) is 18.2 Å². The van der Waals surface area contributed by atoms with Crippen LogP contribution in [-0.4, -0.2) is 68.9 Å². The molecular weight excluding hydrogens is 306 g/mol. The summed E-state index contributed by atoms with van der Waals surface area (Å²) >= 11 is 0. The monoisotopic (exact) mass is 333 g/mol. The highest BCUT2D eigenvalue weighted by Crippen LogP contribution is 2.36. The van der Waals surface area contributed by atoms with Gasteiger partial charge in [0.05, 0.1) is 26.4 Å². The number of para-hydroxylation sites is 1. The number of methoxy groups -OCH3 is 1. The van der Waals surface area contributed by atoms with Crippen molar-refractivity contribution in [1.82, 2.24) is 15.1 Å². The maximum atomic E-state index is 12.6. The number of ether oxygens (including phenoxy) is 2. The summed E-state index contributed by atoms with van der Waals surface area (Å²) in [6, 6.07) is 8.11. The Morgan fingerprint density at radius 1 is 1.29 bits per heavy atom. The average molecular weight is 333 g/mol. The number of carbonyl (C=O) groups excluding carboxylic acids is 1. The van der Waals surface area contributed by atoms with Gasteiger partial charge in [-0.15, -0.1) is 0 Å². The van der Waals surface area contributed by atoms with E-state index in [1.54, 1.807) is 7.11 Å². The molecule has 0 unspecified atom stereocenters. The quantitative estimate of drug-likeness (QED) is 0.894. The van der Waals surface area contributed by atoms with Crippen molar-refractivity contribution < 1.29 is 14.3 Å². The standard InChI is InChI=1S/C18H27N3O3/c1-23-17-7-3-2-5-15(17)16-6-4-9-21(16)18(22)19-8-10-20-11-13-24-14-12-20/h2-3,5,7,16H,4,6,8-14H2,1H3,(H,19,22)/t16-/m0/s1. The molecule has 0 saturated carbocycles. The van der Waals surface area contributed by atoms with Gasteiger partial charge >= 0.3 is 6.03 Å². The molecule has 2 aliphatic rings. The third-order valence-corrected chi connectivity index (χ3v) is 4.82. The smallest absolute Gasteiger partial charge is 0.317 e. The van der Waals surface area contributed by atoms with Gasteiger partial charge in [-0.3, -0.25) is 4.90 Å². The summed E-state index contributed by atoms with van der Waals surface area (Å²) in [5.41, 5.74) is 1.10. The van der Waals surface area contributed by atoms with Crippen LogP contribution >= 0.6 is 0 Å². The van der Waals surface area contributed by atoms with Gasteiger partial charge in [0.1, 0.15) is 5.75 Å². The summed E-state index contributed by atoms with van der Waals surface area (Å²) in [7, 11) is 1.68. The largest absolute Gasteiger partial charge is 0.496 e. The Morgan fingerprint density at radius 3 is 2.88 bits per heavy atom. The average Bonchev–Trinajstić information content (AvgIpc) is 3.12. The van der Waals surface area contributed by atoms with Crippen molar-refractivity contribution in [3.05, 3.63) is 29.8 Å². The van der Waals surface area contributed by atoms with Crippen LogP contribution in [0.5, 0.6) is 5.75 Å². The number of benzene rings is 1. The van der Waals surface area contributed by atoms with Crippen molar-refractivity contribution >= 4 is 6.03 Å². The van der Waals surface area contributed by atoms with E-state index in [2.05, 4.69) is 16.3 Å². The molecule has 1 atom stereocenters. The van der Waals surface area contributed by atoms with Crippen molar-refractivity contribution in [2.45, 2.75) is 18.9 Å². The van der Waals surface area contributed by atoms with Gasteiger partial charge in [-0.2, -0.15) is 0 Å². The van der Waals surface area contributed by atoms with Gasteiger partial charge in [0, 0.05) is 38.3 Å². The fourth-order valence-electron chi connectivity index (χ4n) is 3.52. The normalized spacial score (nSPS) is 21.7. The Morgan fingerprint density at radius 2 is 2.08 bits per heavy atom. The summed E-state index contributed by atoms with van der Waals surface area (Å²) in [6.07, 6.45) is 2.01. The summed E-state index contributed by atoms with van der Waals surface area (Å²) in [6.45, 7) is 5.82. The minimum atomic E-state index is 0.0247. The molecule has 6 heteroatoms. The lowest BCUT2D eigenvalue weighted by molar-refractivity contribution is 0.0385. The van der Waals surface area contributed by atoms with Gasteiger partial charge in [-0.25, -0.2) is 4.79 Å². The molecule has 2 saturated heterocycles. The van der Waals surface area contributed by atoms with E-state index in [0.29, 0.717) is 6.54 Å². The van der Waals surface area contributed by atoms with Gasteiger partial charge in [0.2, 0.25) is 0 Å². The number of nitrogens with one attached hydrogen (secondary N) is 1. The van der Waals surface area contributed by atoms with E-state index in [4.69, 9.17) is 9.47 Å². The lowest BCUT2D eigenvalue weighted by Crippen LogP contribution is -2.45. The van der Waals surface area contributed by atoms with Crippen molar-refractivity contribution in [3.63, 3.8) is 0 Å². The summed E-state index contributed by atoms with van der Waals surface area (Å²) in [4.78, 5) is 16.9.